The number of phenolic OH excluding ortho intramolecular Hbond substituents is 1. The van der Waals surface area contributed by atoms with Gasteiger partial charge in [-0.2, -0.15) is 5.26 Å². The van der Waals surface area contributed by atoms with E-state index in [9.17, 15) is 39.1 Å². The van der Waals surface area contributed by atoms with E-state index in [1.165, 1.54) is 25.1 Å². The monoisotopic (exact) mass is 538 g/mol. The molecule has 1 aromatic carbocycles. The molecule has 4 rings (SSSR count). The van der Waals surface area contributed by atoms with E-state index in [0.29, 0.717) is 4.57 Å². The number of fused-ring (bicyclic) bond motifs is 4. The van der Waals surface area contributed by atoms with Gasteiger partial charge in [-0.05, 0) is 13.0 Å². The van der Waals surface area contributed by atoms with E-state index in [0.717, 1.165) is 27.7 Å². The van der Waals surface area contributed by atoms with Gasteiger partial charge in [0.25, 0.3) is 0 Å². The molecule has 0 radical (unpaired) electrons. The number of nitrogens with zero attached hydrogens (tertiary/aromatic N) is 2. The van der Waals surface area contributed by atoms with Crippen molar-refractivity contribution in [3.05, 3.63) is 51.8 Å². The van der Waals surface area contributed by atoms with Crippen LogP contribution in [0.25, 0.3) is 0 Å². The summed E-state index contributed by atoms with van der Waals surface area (Å²) < 4.78 is 22.7. The maximum absolute atomic E-state index is 13.8. The number of benzene rings is 1. The third-order valence-corrected chi connectivity index (χ3v) is 6.43. The van der Waals surface area contributed by atoms with Gasteiger partial charge in [0.15, 0.2) is 35.9 Å². The van der Waals surface area contributed by atoms with Crippen LogP contribution in [0.5, 0.6) is 5.75 Å². The number of rotatable bonds is 4. The second-order valence-corrected chi connectivity index (χ2v) is 9.14. The fourth-order valence-corrected chi connectivity index (χ4v) is 5.21. The zero-order valence-electron chi connectivity index (χ0n) is 21.4. The number of aromatic hydroxyl groups is 1. The Balaban J connectivity index is 2.19. The van der Waals surface area contributed by atoms with Gasteiger partial charge in [-0.25, -0.2) is 4.57 Å². The van der Waals surface area contributed by atoms with Crippen LogP contribution in [0, 0.1) is 11.5 Å². The summed E-state index contributed by atoms with van der Waals surface area (Å²) in [5, 5.41) is 20.6. The van der Waals surface area contributed by atoms with Gasteiger partial charge in [0.1, 0.15) is 11.4 Å². The molecule has 0 bridgehead atoms. The van der Waals surface area contributed by atoms with Crippen LogP contribution in [0.3, 0.4) is 0 Å². The molecule has 202 valence electrons. The molecular weight excluding hydrogens is 516 g/mol. The number of carbonyl (C=O) groups excluding carboxylic acids is 6. The first-order valence-electron chi connectivity index (χ1n) is 11.6. The lowest BCUT2D eigenvalue weighted by molar-refractivity contribution is -0.233. The van der Waals surface area contributed by atoms with Crippen molar-refractivity contribution in [1.29, 1.82) is 5.26 Å². The largest absolute Gasteiger partial charge is 0.507 e. The third-order valence-electron chi connectivity index (χ3n) is 6.43. The molecule has 1 aromatic heterocycles. The molecule has 2 aromatic rings. The standard InChI is InChI=1S/C26H22N2O11/c1-10(29)36-23-18-17-19(22(35)16-14(21(17)34)7-6-8-15(16)33)28(9-27)20(18)24(37-11(2)30)26(5,39-13(4)32)25(23)38-12(3)31/h6-8,23-25,33H,1-5H3/t23-,24+,25+,26+/m0/s1. The van der Waals surface area contributed by atoms with Crippen molar-refractivity contribution in [2.45, 2.75) is 58.5 Å². The molecule has 13 heteroatoms. The molecule has 39 heavy (non-hydrogen) atoms. The number of hydrogen-bond donors (Lipinski definition) is 1. The maximum Gasteiger partial charge on any atom is 0.303 e. The summed E-state index contributed by atoms with van der Waals surface area (Å²) >= 11 is 0. The van der Waals surface area contributed by atoms with Crippen molar-refractivity contribution in [2.24, 2.45) is 0 Å². The highest BCUT2D eigenvalue weighted by atomic mass is 16.6. The Morgan fingerprint density at radius 2 is 1.54 bits per heavy atom. The maximum atomic E-state index is 13.8. The van der Waals surface area contributed by atoms with Gasteiger partial charge >= 0.3 is 23.9 Å². The summed E-state index contributed by atoms with van der Waals surface area (Å²) in [5.74, 6) is -5.92. The molecule has 0 saturated heterocycles. The first-order valence-corrected chi connectivity index (χ1v) is 11.6. The average molecular weight is 538 g/mol. The average Bonchev–Trinajstić information content (AvgIpc) is 3.16. The molecule has 2 aliphatic carbocycles. The predicted octanol–water partition coefficient (Wildman–Crippen LogP) is 1.77. The lowest BCUT2D eigenvalue weighted by atomic mass is 9.74. The first kappa shape index (κ1) is 27.1. The molecule has 4 atom stereocenters. The van der Waals surface area contributed by atoms with Crippen molar-refractivity contribution in [2.75, 3.05) is 0 Å². The van der Waals surface area contributed by atoms with Crippen molar-refractivity contribution >= 4 is 35.4 Å². The summed E-state index contributed by atoms with van der Waals surface area (Å²) in [4.78, 5) is 76.4. The number of hydrogen-bond acceptors (Lipinski definition) is 12. The van der Waals surface area contributed by atoms with E-state index >= 15 is 0 Å². The number of aromatic nitrogens is 1. The number of phenols is 1. The quantitative estimate of drug-likeness (QED) is 0.375. The summed E-state index contributed by atoms with van der Waals surface area (Å²) in [7, 11) is 0. The van der Waals surface area contributed by atoms with Crippen LogP contribution in [0.15, 0.2) is 18.2 Å². The van der Waals surface area contributed by atoms with Gasteiger partial charge in [0.2, 0.25) is 5.78 Å². The SMILES string of the molecule is CC(=O)O[C@@H]1c2c(c3c(n2C#N)C(=O)c2c(O)cccc2C3=O)[C@H](OC(C)=O)[C@@H](OC(C)=O)[C@]1(C)OC(C)=O. The highest BCUT2D eigenvalue weighted by Crippen LogP contribution is 2.53. The molecule has 0 spiro atoms. The topological polar surface area (TPSA) is 188 Å². The molecule has 2 aliphatic rings. The lowest BCUT2D eigenvalue weighted by Gasteiger charge is -2.47. The smallest absolute Gasteiger partial charge is 0.303 e. The Kier molecular flexibility index (Phi) is 6.52. The second kappa shape index (κ2) is 9.39. The molecule has 1 N–H and O–H groups in total. The van der Waals surface area contributed by atoms with Gasteiger partial charge in [-0.15, -0.1) is 0 Å². The minimum atomic E-state index is -2.12. The lowest BCUT2D eigenvalue weighted by Crippen LogP contribution is -2.57. The fraction of sp³-hybridized carbons (Fsp3) is 0.346. The van der Waals surface area contributed by atoms with Crippen LogP contribution < -0.4 is 0 Å². The number of ketones is 2. The molecule has 0 saturated carbocycles. The Morgan fingerprint density at radius 1 is 0.923 bits per heavy atom. The zero-order chi connectivity index (χ0) is 29.0. The van der Waals surface area contributed by atoms with Gasteiger partial charge in [0.05, 0.1) is 16.8 Å². The van der Waals surface area contributed by atoms with E-state index in [2.05, 4.69) is 0 Å². The Bertz CT molecular complexity index is 1530. The Hall–Kier alpha value is -4.99. The van der Waals surface area contributed by atoms with E-state index < -0.39 is 70.8 Å². The summed E-state index contributed by atoms with van der Waals surface area (Å²) in [6.07, 6.45) is -3.36. The van der Waals surface area contributed by atoms with Gasteiger partial charge in [-0.3, -0.25) is 28.8 Å². The van der Waals surface area contributed by atoms with Crippen LogP contribution in [-0.2, 0) is 38.1 Å². The zero-order valence-corrected chi connectivity index (χ0v) is 21.4. The Labute approximate surface area is 220 Å². The highest BCUT2D eigenvalue weighted by Gasteiger charge is 2.63. The Morgan fingerprint density at radius 3 is 2.08 bits per heavy atom. The van der Waals surface area contributed by atoms with Crippen molar-refractivity contribution in [3.63, 3.8) is 0 Å². The van der Waals surface area contributed by atoms with Crippen LogP contribution in [0.1, 0.15) is 90.1 Å². The third kappa shape index (κ3) is 4.10. The van der Waals surface area contributed by atoms with E-state index in [4.69, 9.17) is 18.9 Å². The van der Waals surface area contributed by atoms with Gasteiger partial charge in [-0.1, -0.05) is 12.1 Å². The van der Waals surface area contributed by atoms with E-state index in [1.807, 2.05) is 0 Å². The minimum Gasteiger partial charge on any atom is -0.507 e. The number of esters is 4. The highest BCUT2D eigenvalue weighted by molar-refractivity contribution is 6.29. The summed E-state index contributed by atoms with van der Waals surface area (Å²) in [5.41, 5.74) is -4.15. The minimum absolute atomic E-state index is 0.201. The van der Waals surface area contributed by atoms with Gasteiger partial charge < -0.3 is 24.1 Å². The molecule has 0 aliphatic heterocycles. The normalized spacial score (nSPS) is 22.9. The molecule has 13 nitrogen and oxygen atoms in total. The predicted molar refractivity (Wildman–Crippen MR) is 125 cm³/mol. The van der Waals surface area contributed by atoms with Crippen molar-refractivity contribution < 1.29 is 52.8 Å². The number of carbonyl (C=O) groups is 6. The summed E-state index contributed by atoms with van der Waals surface area (Å²) in [6, 6.07) is 3.81. The molecular formula is C26H22N2O11. The first-order chi connectivity index (χ1) is 18.2. The van der Waals surface area contributed by atoms with Crippen molar-refractivity contribution in [1.82, 2.24) is 4.57 Å². The second-order valence-electron chi connectivity index (χ2n) is 9.14. The van der Waals surface area contributed by atoms with Crippen LogP contribution in [0.2, 0.25) is 0 Å². The molecule has 0 fully saturated rings. The molecule has 0 unspecified atom stereocenters. The number of nitriles is 1. The van der Waals surface area contributed by atoms with E-state index in [1.54, 1.807) is 6.19 Å². The van der Waals surface area contributed by atoms with Crippen LogP contribution >= 0.6 is 0 Å². The van der Waals surface area contributed by atoms with Crippen LogP contribution in [-0.4, -0.2) is 56.8 Å². The summed E-state index contributed by atoms with van der Waals surface area (Å²) in [6.45, 7) is 5.33. The fourth-order valence-electron chi connectivity index (χ4n) is 5.21. The van der Waals surface area contributed by atoms with Gasteiger partial charge in [0, 0.05) is 38.8 Å². The van der Waals surface area contributed by atoms with Crippen molar-refractivity contribution in [3.8, 4) is 11.9 Å². The molecule has 0 amide bonds. The van der Waals surface area contributed by atoms with E-state index in [-0.39, 0.29) is 27.9 Å². The molecule has 1 heterocycles. The number of ether oxygens (including phenoxy) is 4. The van der Waals surface area contributed by atoms with Crippen LogP contribution in [0.4, 0.5) is 0 Å².